The highest BCUT2D eigenvalue weighted by Gasteiger charge is 2.06. The molecule has 5 nitrogen and oxygen atoms in total. The lowest BCUT2D eigenvalue weighted by atomic mass is 10.3. The minimum absolute atomic E-state index is 0.118. The molecule has 2 rings (SSSR count). The number of pyridine rings is 1. The Morgan fingerprint density at radius 3 is 3.00 bits per heavy atom. The van der Waals surface area contributed by atoms with Crippen molar-refractivity contribution in [3.8, 4) is 0 Å². The molecule has 0 aliphatic carbocycles. The number of aromatic nitrogens is 2. The van der Waals surface area contributed by atoms with Gasteiger partial charge in [0.2, 0.25) is 5.91 Å². The molecule has 0 bridgehead atoms. The van der Waals surface area contributed by atoms with E-state index in [2.05, 4.69) is 10.3 Å². The highest BCUT2D eigenvalue weighted by Crippen LogP contribution is 2.09. The molecule has 0 saturated carbocycles. The second kappa shape index (κ2) is 5.95. The van der Waals surface area contributed by atoms with Gasteiger partial charge in [0.05, 0.1) is 5.69 Å². The number of hydrogen-bond acceptors (Lipinski definition) is 3. The summed E-state index contributed by atoms with van der Waals surface area (Å²) in [5, 5.41) is 2.76. The van der Waals surface area contributed by atoms with Crippen molar-refractivity contribution in [1.82, 2.24) is 9.55 Å². The van der Waals surface area contributed by atoms with Gasteiger partial charge in [-0.25, -0.2) is 4.98 Å². The molecule has 0 radical (unpaired) electrons. The molecular weight excluding hydrogens is 242 g/mol. The average molecular weight is 257 g/mol. The first-order valence-corrected chi connectivity index (χ1v) is 6.02. The number of aryl methyl sites for hydroxylation is 2. The zero-order valence-electron chi connectivity index (χ0n) is 10.7. The summed E-state index contributed by atoms with van der Waals surface area (Å²) in [7, 11) is 0. The van der Waals surface area contributed by atoms with E-state index in [1.165, 1.54) is 0 Å². The lowest BCUT2D eigenvalue weighted by Gasteiger charge is -2.08. The van der Waals surface area contributed by atoms with Crippen molar-refractivity contribution < 1.29 is 9.59 Å². The van der Waals surface area contributed by atoms with Crippen molar-refractivity contribution >= 4 is 18.0 Å². The van der Waals surface area contributed by atoms with Crippen LogP contribution in [-0.2, 0) is 11.3 Å². The molecule has 2 aromatic heterocycles. The van der Waals surface area contributed by atoms with Crippen molar-refractivity contribution in [3.05, 3.63) is 47.9 Å². The van der Waals surface area contributed by atoms with Crippen molar-refractivity contribution in [2.75, 3.05) is 5.32 Å². The van der Waals surface area contributed by atoms with E-state index < -0.39 is 0 Å². The van der Waals surface area contributed by atoms with Crippen LogP contribution in [0, 0.1) is 6.92 Å². The first kappa shape index (κ1) is 13.0. The van der Waals surface area contributed by atoms with Gasteiger partial charge in [0, 0.05) is 25.4 Å². The molecule has 1 N–H and O–H groups in total. The number of amides is 1. The minimum Gasteiger partial charge on any atom is -0.345 e. The van der Waals surface area contributed by atoms with E-state index in [0.29, 0.717) is 24.5 Å². The molecular formula is C14H15N3O2. The van der Waals surface area contributed by atoms with Gasteiger partial charge in [-0.1, -0.05) is 6.07 Å². The molecule has 0 unspecified atom stereocenters. The van der Waals surface area contributed by atoms with Crippen LogP contribution >= 0.6 is 0 Å². The molecule has 2 aromatic rings. The Balaban J connectivity index is 1.92. The van der Waals surface area contributed by atoms with Gasteiger partial charge in [0.1, 0.15) is 5.82 Å². The summed E-state index contributed by atoms with van der Waals surface area (Å²) >= 11 is 0. The van der Waals surface area contributed by atoms with E-state index in [-0.39, 0.29) is 5.91 Å². The predicted molar refractivity (Wildman–Crippen MR) is 72.0 cm³/mol. The second-order valence-corrected chi connectivity index (χ2v) is 4.21. The molecule has 0 fully saturated rings. The topological polar surface area (TPSA) is 64.0 Å². The van der Waals surface area contributed by atoms with Crippen LogP contribution in [0.4, 0.5) is 5.82 Å². The third kappa shape index (κ3) is 3.28. The lowest BCUT2D eigenvalue weighted by Crippen LogP contribution is -2.16. The number of carbonyl (C=O) groups is 2. The van der Waals surface area contributed by atoms with Gasteiger partial charge in [-0.15, -0.1) is 0 Å². The number of rotatable bonds is 5. The average Bonchev–Trinajstić information content (AvgIpc) is 2.86. The summed E-state index contributed by atoms with van der Waals surface area (Å²) in [6.45, 7) is 2.36. The lowest BCUT2D eigenvalue weighted by molar-refractivity contribution is -0.116. The number of aldehydes is 1. The van der Waals surface area contributed by atoms with E-state index in [1.807, 2.05) is 19.1 Å². The van der Waals surface area contributed by atoms with Crippen LogP contribution in [0.1, 0.15) is 22.5 Å². The van der Waals surface area contributed by atoms with Crippen LogP contribution in [0.25, 0.3) is 0 Å². The molecule has 1 amide bonds. The summed E-state index contributed by atoms with van der Waals surface area (Å²) < 4.78 is 1.75. The molecule has 98 valence electrons. The maximum Gasteiger partial charge on any atom is 0.227 e. The minimum atomic E-state index is -0.118. The first-order chi connectivity index (χ1) is 9.20. The predicted octanol–water partition coefficient (Wildman–Crippen LogP) is 2.03. The van der Waals surface area contributed by atoms with Crippen LogP contribution in [-0.4, -0.2) is 21.7 Å². The van der Waals surface area contributed by atoms with Crippen molar-refractivity contribution in [3.63, 3.8) is 0 Å². The van der Waals surface area contributed by atoms with Gasteiger partial charge < -0.3 is 9.88 Å². The molecule has 0 spiro atoms. The number of nitrogens with one attached hydrogen (secondary N) is 1. The fourth-order valence-corrected chi connectivity index (χ4v) is 1.77. The Bertz CT molecular complexity index is 590. The fourth-order valence-electron chi connectivity index (χ4n) is 1.77. The Hall–Kier alpha value is -2.43. The van der Waals surface area contributed by atoms with Crippen LogP contribution in [0.15, 0.2) is 36.7 Å². The summed E-state index contributed by atoms with van der Waals surface area (Å²) in [6.07, 6.45) is 4.49. The zero-order valence-corrected chi connectivity index (χ0v) is 10.7. The molecule has 0 aliphatic heterocycles. The Kier molecular flexibility index (Phi) is 4.07. The molecule has 0 saturated heterocycles. The largest absolute Gasteiger partial charge is 0.345 e. The highest BCUT2D eigenvalue weighted by atomic mass is 16.1. The summed E-state index contributed by atoms with van der Waals surface area (Å²) in [5.41, 5.74) is 1.49. The summed E-state index contributed by atoms with van der Waals surface area (Å²) in [5.74, 6) is 0.461. The Morgan fingerprint density at radius 1 is 1.42 bits per heavy atom. The normalized spacial score (nSPS) is 10.2. The summed E-state index contributed by atoms with van der Waals surface area (Å²) in [6, 6.07) is 7.21. The van der Waals surface area contributed by atoms with Gasteiger partial charge in [-0.3, -0.25) is 9.59 Å². The van der Waals surface area contributed by atoms with Gasteiger partial charge in [0.15, 0.2) is 6.29 Å². The molecule has 5 heteroatoms. The Labute approximate surface area is 111 Å². The van der Waals surface area contributed by atoms with Crippen LogP contribution < -0.4 is 5.32 Å². The molecule has 0 aliphatic rings. The highest BCUT2D eigenvalue weighted by molar-refractivity contribution is 5.90. The van der Waals surface area contributed by atoms with Crippen LogP contribution in [0.5, 0.6) is 0 Å². The smallest absolute Gasteiger partial charge is 0.227 e. The SMILES string of the molecule is Cc1cccnc1NC(=O)CCn1cccc1C=O. The number of nitrogens with zero attached hydrogens (tertiary/aromatic N) is 2. The number of anilines is 1. The van der Waals surface area contributed by atoms with Crippen molar-refractivity contribution in [2.24, 2.45) is 0 Å². The third-order valence-corrected chi connectivity index (χ3v) is 2.83. The summed E-state index contributed by atoms with van der Waals surface area (Å²) in [4.78, 5) is 26.6. The second-order valence-electron chi connectivity index (χ2n) is 4.21. The van der Waals surface area contributed by atoms with E-state index in [4.69, 9.17) is 0 Å². The zero-order chi connectivity index (χ0) is 13.7. The van der Waals surface area contributed by atoms with Gasteiger partial charge in [-0.05, 0) is 30.7 Å². The van der Waals surface area contributed by atoms with Crippen molar-refractivity contribution in [1.29, 1.82) is 0 Å². The Morgan fingerprint density at radius 2 is 2.26 bits per heavy atom. The van der Waals surface area contributed by atoms with E-state index in [0.717, 1.165) is 11.8 Å². The monoisotopic (exact) mass is 257 g/mol. The van der Waals surface area contributed by atoms with E-state index in [9.17, 15) is 9.59 Å². The molecule has 19 heavy (non-hydrogen) atoms. The fraction of sp³-hybridized carbons (Fsp3) is 0.214. The molecule has 0 aromatic carbocycles. The van der Waals surface area contributed by atoms with E-state index in [1.54, 1.807) is 29.1 Å². The number of hydrogen-bond donors (Lipinski definition) is 1. The number of carbonyl (C=O) groups excluding carboxylic acids is 2. The van der Waals surface area contributed by atoms with Gasteiger partial charge in [0.25, 0.3) is 0 Å². The maximum atomic E-state index is 11.8. The van der Waals surface area contributed by atoms with Crippen LogP contribution in [0.3, 0.4) is 0 Å². The van der Waals surface area contributed by atoms with Crippen molar-refractivity contribution in [2.45, 2.75) is 19.9 Å². The quantitative estimate of drug-likeness (QED) is 0.833. The molecule has 0 atom stereocenters. The first-order valence-electron chi connectivity index (χ1n) is 6.02. The maximum absolute atomic E-state index is 11.8. The van der Waals surface area contributed by atoms with Gasteiger partial charge >= 0.3 is 0 Å². The van der Waals surface area contributed by atoms with E-state index >= 15 is 0 Å². The molecule has 2 heterocycles. The standard InChI is InChI=1S/C14H15N3O2/c1-11-4-2-7-15-14(11)16-13(19)6-9-17-8-3-5-12(17)10-18/h2-5,7-8,10H,6,9H2,1H3,(H,15,16,19). The van der Waals surface area contributed by atoms with Gasteiger partial charge in [-0.2, -0.15) is 0 Å². The third-order valence-electron chi connectivity index (χ3n) is 2.83. The van der Waals surface area contributed by atoms with Crippen LogP contribution in [0.2, 0.25) is 0 Å².